The van der Waals surface area contributed by atoms with Crippen LogP contribution < -0.4 is 5.32 Å². The zero-order chi connectivity index (χ0) is 9.68. The molecule has 1 rings (SSSR count). The minimum Gasteiger partial charge on any atom is -0.365 e. The minimum atomic E-state index is -0.410. The van der Waals surface area contributed by atoms with E-state index in [0.29, 0.717) is 5.82 Å². The maximum Gasteiger partial charge on any atom is 0.274 e. The molecule has 0 spiro atoms. The number of rotatable bonds is 4. The molecule has 74 valence electrons. The highest BCUT2D eigenvalue weighted by molar-refractivity contribution is 4.99. The highest BCUT2D eigenvalue weighted by Gasteiger charge is 2.17. The van der Waals surface area contributed by atoms with E-state index in [4.69, 9.17) is 0 Å². The molecule has 0 saturated carbocycles. The zero-order valence-electron chi connectivity index (χ0n) is 7.82. The van der Waals surface area contributed by atoms with Gasteiger partial charge in [-0.15, -0.1) is 0 Å². The van der Waals surface area contributed by atoms with Crippen molar-refractivity contribution in [2.45, 2.75) is 19.8 Å². The van der Waals surface area contributed by atoms with Gasteiger partial charge < -0.3 is 10.2 Å². The zero-order valence-corrected chi connectivity index (χ0v) is 7.82. The molecule has 0 aliphatic carbocycles. The molecule has 5 heteroatoms. The summed E-state index contributed by atoms with van der Waals surface area (Å²) in [5.41, 5.74) is 0. The molecule has 1 aliphatic rings. The Morgan fingerprint density at radius 2 is 2.54 bits per heavy atom. The third-order valence-electron chi connectivity index (χ3n) is 2.04. The Morgan fingerprint density at radius 1 is 1.77 bits per heavy atom. The molecule has 0 aromatic heterocycles. The fraction of sp³-hybridized carbons (Fsp3) is 0.750. The highest BCUT2D eigenvalue weighted by Crippen LogP contribution is 2.08. The Hall–Kier alpha value is -1.26. The lowest BCUT2D eigenvalue weighted by molar-refractivity contribution is -0.404. The third-order valence-corrected chi connectivity index (χ3v) is 2.04. The summed E-state index contributed by atoms with van der Waals surface area (Å²) in [7, 11) is 0. The molecule has 1 aliphatic heterocycles. The molecule has 0 aromatic rings. The summed E-state index contributed by atoms with van der Waals surface area (Å²) >= 11 is 0. The van der Waals surface area contributed by atoms with Gasteiger partial charge in [0.1, 0.15) is 0 Å². The molecule has 1 heterocycles. The first-order valence-electron chi connectivity index (χ1n) is 4.58. The first-order chi connectivity index (χ1) is 6.24. The van der Waals surface area contributed by atoms with E-state index >= 15 is 0 Å². The maximum atomic E-state index is 10.2. The molecule has 13 heavy (non-hydrogen) atoms. The summed E-state index contributed by atoms with van der Waals surface area (Å²) in [6.07, 6.45) is 3.24. The topological polar surface area (TPSA) is 58.4 Å². The second-order valence-corrected chi connectivity index (χ2v) is 3.07. The van der Waals surface area contributed by atoms with Gasteiger partial charge in [0.15, 0.2) is 5.82 Å². The summed E-state index contributed by atoms with van der Waals surface area (Å²) < 4.78 is 0. The Morgan fingerprint density at radius 3 is 3.15 bits per heavy atom. The first-order valence-corrected chi connectivity index (χ1v) is 4.58. The normalized spacial score (nSPS) is 19.2. The molecule has 1 saturated heterocycles. The molecule has 5 nitrogen and oxygen atoms in total. The smallest absolute Gasteiger partial charge is 0.274 e. The van der Waals surface area contributed by atoms with Gasteiger partial charge in [-0.05, 0) is 6.42 Å². The molecular formula is C8H15N3O2. The van der Waals surface area contributed by atoms with E-state index in [-0.39, 0.29) is 0 Å². The summed E-state index contributed by atoms with van der Waals surface area (Å²) in [6, 6.07) is 0. The van der Waals surface area contributed by atoms with Gasteiger partial charge in [0.05, 0.1) is 4.92 Å². The van der Waals surface area contributed by atoms with Crippen LogP contribution >= 0.6 is 0 Å². The number of unbranched alkanes of at least 4 members (excludes halogenated alkanes) is 1. The van der Waals surface area contributed by atoms with Crippen LogP contribution in [0.1, 0.15) is 19.8 Å². The van der Waals surface area contributed by atoms with Crippen LogP contribution in [0, 0.1) is 10.1 Å². The van der Waals surface area contributed by atoms with E-state index in [1.54, 1.807) is 0 Å². The van der Waals surface area contributed by atoms with Gasteiger partial charge in [0, 0.05) is 19.6 Å². The summed E-state index contributed by atoms with van der Waals surface area (Å²) in [4.78, 5) is 11.8. The molecule has 1 fully saturated rings. The SMILES string of the molecule is CCCCN1CCN/C1=C/[N+](=O)[O-]. The number of hydrogen-bond donors (Lipinski definition) is 1. The molecular weight excluding hydrogens is 170 g/mol. The van der Waals surface area contributed by atoms with Gasteiger partial charge in [-0.2, -0.15) is 0 Å². The largest absolute Gasteiger partial charge is 0.365 e. The fourth-order valence-corrected chi connectivity index (χ4v) is 1.36. The maximum absolute atomic E-state index is 10.2. The number of nitrogens with zero attached hydrogens (tertiary/aromatic N) is 2. The predicted molar refractivity (Wildman–Crippen MR) is 49.6 cm³/mol. The van der Waals surface area contributed by atoms with E-state index in [0.717, 1.165) is 38.7 Å². The van der Waals surface area contributed by atoms with Crippen molar-refractivity contribution in [3.05, 3.63) is 22.1 Å². The monoisotopic (exact) mass is 185 g/mol. The predicted octanol–water partition coefficient (Wildman–Crippen LogP) is 0.767. The number of nitro groups is 1. The van der Waals surface area contributed by atoms with Gasteiger partial charge in [-0.3, -0.25) is 10.1 Å². The van der Waals surface area contributed by atoms with E-state index in [2.05, 4.69) is 12.2 Å². The standard InChI is InChI=1S/C8H15N3O2/c1-2-3-5-10-6-4-9-8(10)7-11(12)13/h7,9H,2-6H2,1H3/b8-7-. The Bertz CT molecular complexity index is 215. The van der Waals surface area contributed by atoms with Crippen LogP contribution in [0.2, 0.25) is 0 Å². The van der Waals surface area contributed by atoms with Crippen LogP contribution in [-0.4, -0.2) is 29.5 Å². The van der Waals surface area contributed by atoms with Gasteiger partial charge in [-0.25, -0.2) is 0 Å². The van der Waals surface area contributed by atoms with Crippen molar-refractivity contribution in [3.63, 3.8) is 0 Å². The van der Waals surface area contributed by atoms with Crippen LogP contribution in [0.4, 0.5) is 0 Å². The van der Waals surface area contributed by atoms with Gasteiger partial charge >= 0.3 is 0 Å². The quantitative estimate of drug-likeness (QED) is 0.519. The number of hydrogen-bond acceptors (Lipinski definition) is 4. The Kier molecular flexibility index (Phi) is 3.54. The number of nitrogens with one attached hydrogen (secondary N) is 1. The van der Waals surface area contributed by atoms with Crippen molar-refractivity contribution in [2.24, 2.45) is 0 Å². The van der Waals surface area contributed by atoms with Crippen LogP contribution in [0.3, 0.4) is 0 Å². The molecule has 0 atom stereocenters. The highest BCUT2D eigenvalue weighted by atomic mass is 16.6. The lowest BCUT2D eigenvalue weighted by atomic mass is 10.3. The van der Waals surface area contributed by atoms with Crippen molar-refractivity contribution in [2.75, 3.05) is 19.6 Å². The van der Waals surface area contributed by atoms with E-state index in [9.17, 15) is 10.1 Å². The van der Waals surface area contributed by atoms with E-state index < -0.39 is 4.92 Å². The van der Waals surface area contributed by atoms with Crippen LogP contribution in [0.5, 0.6) is 0 Å². The summed E-state index contributed by atoms with van der Waals surface area (Å²) in [6.45, 7) is 4.70. The van der Waals surface area contributed by atoms with Crippen LogP contribution in [-0.2, 0) is 0 Å². The molecule has 1 N–H and O–H groups in total. The second kappa shape index (κ2) is 4.69. The lowest BCUT2D eigenvalue weighted by Crippen LogP contribution is -2.22. The van der Waals surface area contributed by atoms with Crippen molar-refractivity contribution in [1.82, 2.24) is 10.2 Å². The molecule has 0 bridgehead atoms. The van der Waals surface area contributed by atoms with Crippen molar-refractivity contribution >= 4 is 0 Å². The summed E-state index contributed by atoms with van der Waals surface area (Å²) in [5.74, 6) is 0.651. The third kappa shape index (κ3) is 2.93. The molecule has 0 amide bonds. The van der Waals surface area contributed by atoms with Crippen LogP contribution in [0.15, 0.2) is 12.0 Å². The van der Waals surface area contributed by atoms with Gasteiger partial charge in [0.2, 0.25) is 0 Å². The summed E-state index contributed by atoms with van der Waals surface area (Å²) in [5, 5.41) is 13.2. The van der Waals surface area contributed by atoms with Crippen molar-refractivity contribution in [1.29, 1.82) is 0 Å². The van der Waals surface area contributed by atoms with Gasteiger partial charge in [-0.1, -0.05) is 13.3 Å². The van der Waals surface area contributed by atoms with E-state index in [1.165, 1.54) is 0 Å². The Balaban J connectivity index is 2.48. The van der Waals surface area contributed by atoms with Crippen molar-refractivity contribution < 1.29 is 4.92 Å². The van der Waals surface area contributed by atoms with Gasteiger partial charge in [0.25, 0.3) is 6.20 Å². The lowest BCUT2D eigenvalue weighted by Gasteiger charge is -2.15. The van der Waals surface area contributed by atoms with Crippen LogP contribution in [0.25, 0.3) is 0 Å². The fourth-order valence-electron chi connectivity index (χ4n) is 1.36. The molecule has 0 aromatic carbocycles. The minimum absolute atomic E-state index is 0.410. The average Bonchev–Trinajstić information content (AvgIpc) is 2.48. The molecule has 0 radical (unpaired) electrons. The van der Waals surface area contributed by atoms with E-state index in [1.807, 2.05) is 4.90 Å². The first kappa shape index (κ1) is 9.83. The Labute approximate surface area is 77.6 Å². The molecule has 0 unspecified atom stereocenters. The second-order valence-electron chi connectivity index (χ2n) is 3.07. The average molecular weight is 185 g/mol. The van der Waals surface area contributed by atoms with Crippen molar-refractivity contribution in [3.8, 4) is 0 Å².